The topological polar surface area (TPSA) is 51.6 Å². The largest absolute Gasteiger partial charge is 0.265 e. The number of aromatic nitrogens is 4. The number of nitrogens with zero attached hydrogens (tertiary/aromatic N) is 4. The van der Waals surface area contributed by atoms with Crippen molar-refractivity contribution in [3.63, 3.8) is 0 Å². The molecule has 6 aromatic carbocycles. The van der Waals surface area contributed by atoms with Gasteiger partial charge in [-0.3, -0.25) is 9.97 Å². The molecule has 0 fully saturated rings. The summed E-state index contributed by atoms with van der Waals surface area (Å²) < 4.78 is 0. The Kier molecular flexibility index (Phi) is 6.10. The molecule has 0 aliphatic rings. The lowest BCUT2D eigenvalue weighted by molar-refractivity contribution is 1.17. The average Bonchev–Trinajstić information content (AvgIpc) is 3.14. The van der Waals surface area contributed by atoms with Gasteiger partial charge in [0.1, 0.15) is 6.33 Å². The van der Waals surface area contributed by atoms with Crippen molar-refractivity contribution < 1.29 is 0 Å². The molecular weight excluding hydrogens is 560 g/mol. The van der Waals surface area contributed by atoms with E-state index in [2.05, 4.69) is 135 Å². The quantitative estimate of drug-likeness (QED) is 0.188. The third kappa shape index (κ3) is 4.39. The van der Waals surface area contributed by atoms with Crippen molar-refractivity contribution in [2.24, 2.45) is 0 Å². The van der Waals surface area contributed by atoms with Crippen LogP contribution >= 0.6 is 0 Å². The van der Waals surface area contributed by atoms with E-state index in [1.165, 1.54) is 54.6 Å². The normalized spacial score (nSPS) is 11.5. The predicted molar refractivity (Wildman–Crippen MR) is 189 cm³/mol. The summed E-state index contributed by atoms with van der Waals surface area (Å²) >= 11 is 0. The Morgan fingerprint density at radius 2 is 0.804 bits per heavy atom. The fourth-order valence-electron chi connectivity index (χ4n) is 6.82. The van der Waals surface area contributed by atoms with Crippen LogP contribution in [-0.4, -0.2) is 19.9 Å². The summed E-state index contributed by atoms with van der Waals surface area (Å²) in [6, 6.07) is 42.0. The molecule has 0 spiro atoms. The summed E-state index contributed by atoms with van der Waals surface area (Å²) in [6.07, 6.45) is 12.7. The van der Waals surface area contributed by atoms with Gasteiger partial charge in [0.25, 0.3) is 0 Å². The molecule has 0 aliphatic carbocycles. The van der Waals surface area contributed by atoms with E-state index in [1.54, 1.807) is 6.33 Å². The van der Waals surface area contributed by atoms with E-state index < -0.39 is 0 Å². The van der Waals surface area contributed by atoms with Gasteiger partial charge in [-0.25, -0.2) is 9.97 Å². The monoisotopic (exact) mass is 586 g/mol. The molecule has 0 bridgehead atoms. The lowest BCUT2D eigenvalue weighted by atomic mass is 9.86. The first-order valence-electron chi connectivity index (χ1n) is 15.3. The second kappa shape index (κ2) is 10.7. The van der Waals surface area contributed by atoms with E-state index in [9.17, 15) is 0 Å². The third-order valence-electron chi connectivity index (χ3n) is 9.00. The Balaban J connectivity index is 1.27. The molecular formula is C42H26N4. The Morgan fingerprint density at radius 1 is 0.326 bits per heavy atom. The van der Waals surface area contributed by atoms with Crippen LogP contribution in [0, 0.1) is 0 Å². The summed E-state index contributed by atoms with van der Waals surface area (Å²) in [5.41, 5.74) is 11.5. The number of pyridine rings is 2. The SMILES string of the molecule is c1cc(-c2cncnc2)cc(-c2ccc3ccc4c(-c5cc(-c6ccncc6)cc(-c6ccncc6)c5)ccc5ccc2c3c54)c1. The molecule has 0 saturated heterocycles. The molecule has 9 rings (SSSR count). The van der Waals surface area contributed by atoms with Crippen molar-refractivity contribution in [2.75, 3.05) is 0 Å². The minimum atomic E-state index is 1.01. The van der Waals surface area contributed by atoms with Gasteiger partial charge in [0.2, 0.25) is 0 Å². The molecule has 0 radical (unpaired) electrons. The Labute approximate surface area is 266 Å². The van der Waals surface area contributed by atoms with Crippen molar-refractivity contribution in [1.29, 1.82) is 0 Å². The van der Waals surface area contributed by atoms with Gasteiger partial charge in [0, 0.05) is 42.7 Å². The smallest absolute Gasteiger partial charge is 0.115 e. The van der Waals surface area contributed by atoms with Gasteiger partial charge >= 0.3 is 0 Å². The molecule has 0 atom stereocenters. The van der Waals surface area contributed by atoms with Crippen molar-refractivity contribution in [3.05, 3.63) is 159 Å². The summed E-state index contributed by atoms with van der Waals surface area (Å²) in [7, 11) is 0. The second-order valence-corrected chi connectivity index (χ2v) is 11.6. The highest BCUT2D eigenvalue weighted by Crippen LogP contribution is 2.43. The lowest BCUT2D eigenvalue weighted by Crippen LogP contribution is -1.91. The zero-order valence-corrected chi connectivity index (χ0v) is 24.8. The molecule has 4 heteroatoms. The fourth-order valence-corrected chi connectivity index (χ4v) is 6.82. The Morgan fingerprint density at radius 3 is 1.39 bits per heavy atom. The maximum Gasteiger partial charge on any atom is 0.115 e. The molecule has 46 heavy (non-hydrogen) atoms. The van der Waals surface area contributed by atoms with Gasteiger partial charge in [0.15, 0.2) is 0 Å². The Bertz CT molecular complexity index is 2450. The molecule has 0 amide bonds. The molecule has 0 N–H and O–H groups in total. The minimum Gasteiger partial charge on any atom is -0.265 e. The number of benzene rings is 6. The standard InChI is InChI=1S/C42H26N4/c1-2-31(36-24-45-26-46-25-36)20-32(3-1)37-8-4-29-7-11-40-38(9-5-30-6-10-39(37)41(29)42(30)40)35-22-33(27-12-16-43-17-13-27)21-34(23-35)28-14-18-44-19-15-28/h1-26H. The summed E-state index contributed by atoms with van der Waals surface area (Å²) in [5.74, 6) is 0. The van der Waals surface area contributed by atoms with Gasteiger partial charge in [-0.05, 0) is 131 Å². The summed E-state index contributed by atoms with van der Waals surface area (Å²) in [5, 5.41) is 7.56. The van der Waals surface area contributed by atoms with Crippen LogP contribution in [-0.2, 0) is 0 Å². The highest BCUT2D eigenvalue weighted by molar-refractivity contribution is 6.27. The van der Waals surface area contributed by atoms with Crippen LogP contribution in [0.25, 0.3) is 88.0 Å². The van der Waals surface area contributed by atoms with Crippen molar-refractivity contribution >= 4 is 32.3 Å². The van der Waals surface area contributed by atoms with Crippen LogP contribution in [0.5, 0.6) is 0 Å². The van der Waals surface area contributed by atoms with Crippen LogP contribution < -0.4 is 0 Å². The molecule has 3 aromatic heterocycles. The molecule has 214 valence electrons. The van der Waals surface area contributed by atoms with Crippen molar-refractivity contribution in [1.82, 2.24) is 19.9 Å². The predicted octanol–water partition coefficient (Wildman–Crippen LogP) is 10.5. The first-order chi connectivity index (χ1) is 22.8. The van der Waals surface area contributed by atoms with Gasteiger partial charge < -0.3 is 0 Å². The fraction of sp³-hybridized carbons (Fsp3) is 0. The van der Waals surface area contributed by atoms with E-state index in [0.29, 0.717) is 0 Å². The van der Waals surface area contributed by atoms with Gasteiger partial charge in [-0.2, -0.15) is 0 Å². The zero-order chi connectivity index (χ0) is 30.5. The molecule has 0 saturated carbocycles. The number of rotatable bonds is 5. The van der Waals surface area contributed by atoms with E-state index in [0.717, 1.165) is 33.4 Å². The van der Waals surface area contributed by atoms with Gasteiger partial charge in [-0.1, -0.05) is 66.7 Å². The minimum absolute atomic E-state index is 1.01. The van der Waals surface area contributed by atoms with Crippen LogP contribution in [0.15, 0.2) is 159 Å². The third-order valence-corrected chi connectivity index (χ3v) is 9.00. The summed E-state index contributed by atoms with van der Waals surface area (Å²) in [6.45, 7) is 0. The highest BCUT2D eigenvalue weighted by atomic mass is 14.8. The number of hydrogen-bond donors (Lipinski definition) is 0. The average molecular weight is 587 g/mol. The molecule has 0 aliphatic heterocycles. The van der Waals surface area contributed by atoms with Crippen LogP contribution in [0.1, 0.15) is 0 Å². The number of hydrogen-bond acceptors (Lipinski definition) is 4. The lowest BCUT2D eigenvalue weighted by Gasteiger charge is -2.18. The molecule has 3 heterocycles. The second-order valence-electron chi connectivity index (χ2n) is 11.6. The molecule has 9 aromatic rings. The van der Waals surface area contributed by atoms with Gasteiger partial charge in [0.05, 0.1) is 0 Å². The van der Waals surface area contributed by atoms with Crippen LogP contribution in [0.2, 0.25) is 0 Å². The maximum atomic E-state index is 4.26. The molecule has 4 nitrogen and oxygen atoms in total. The van der Waals surface area contributed by atoms with Crippen molar-refractivity contribution in [2.45, 2.75) is 0 Å². The molecule has 0 unspecified atom stereocenters. The van der Waals surface area contributed by atoms with E-state index in [-0.39, 0.29) is 0 Å². The van der Waals surface area contributed by atoms with E-state index >= 15 is 0 Å². The highest BCUT2D eigenvalue weighted by Gasteiger charge is 2.16. The van der Waals surface area contributed by atoms with E-state index in [1.807, 2.05) is 37.2 Å². The van der Waals surface area contributed by atoms with Crippen LogP contribution in [0.3, 0.4) is 0 Å². The van der Waals surface area contributed by atoms with Gasteiger partial charge in [-0.15, -0.1) is 0 Å². The van der Waals surface area contributed by atoms with Crippen LogP contribution in [0.4, 0.5) is 0 Å². The van der Waals surface area contributed by atoms with Crippen molar-refractivity contribution in [3.8, 4) is 55.6 Å². The summed E-state index contributed by atoms with van der Waals surface area (Å²) in [4.78, 5) is 17.0. The zero-order valence-electron chi connectivity index (χ0n) is 24.8. The first kappa shape index (κ1) is 26.2. The Hall–Kier alpha value is -6.26. The van der Waals surface area contributed by atoms with E-state index in [4.69, 9.17) is 0 Å². The first-order valence-corrected chi connectivity index (χ1v) is 15.3. The maximum absolute atomic E-state index is 4.26.